The molecule has 0 spiro atoms. The molecule has 0 radical (unpaired) electrons. The first-order chi connectivity index (χ1) is 6.63. The highest BCUT2D eigenvalue weighted by Gasteiger charge is 2.21. The van der Waals surface area contributed by atoms with Crippen LogP contribution in [0.1, 0.15) is 20.8 Å². The maximum atomic E-state index is 3.46. The Kier molecular flexibility index (Phi) is 4.85. The Balaban J connectivity index is 2.25. The van der Waals surface area contributed by atoms with Gasteiger partial charge in [0.15, 0.2) is 0 Å². The molecule has 0 aliphatic carbocycles. The van der Waals surface area contributed by atoms with Gasteiger partial charge in [0, 0.05) is 38.3 Å². The molecule has 0 saturated carbocycles. The summed E-state index contributed by atoms with van der Waals surface area (Å²) in [5, 5.41) is 3.46. The maximum absolute atomic E-state index is 3.46. The van der Waals surface area contributed by atoms with Crippen molar-refractivity contribution in [2.75, 3.05) is 39.8 Å². The summed E-state index contributed by atoms with van der Waals surface area (Å²) in [6, 6.07) is 1.33. The molecule has 0 aromatic carbocycles. The number of hydrogen-bond donors (Lipinski definition) is 1. The summed E-state index contributed by atoms with van der Waals surface area (Å²) in [5.41, 5.74) is 0. The van der Waals surface area contributed by atoms with E-state index in [1.807, 2.05) is 0 Å². The minimum Gasteiger partial charge on any atom is -0.313 e. The van der Waals surface area contributed by atoms with Crippen LogP contribution in [-0.2, 0) is 0 Å². The van der Waals surface area contributed by atoms with E-state index in [4.69, 9.17) is 0 Å². The molecule has 1 aliphatic heterocycles. The highest BCUT2D eigenvalue weighted by atomic mass is 15.3. The summed E-state index contributed by atoms with van der Waals surface area (Å²) in [4.78, 5) is 5.01. The van der Waals surface area contributed by atoms with Gasteiger partial charge in [0.25, 0.3) is 0 Å². The molecule has 1 saturated heterocycles. The molecule has 3 nitrogen and oxygen atoms in total. The van der Waals surface area contributed by atoms with E-state index in [9.17, 15) is 0 Å². The molecule has 1 N–H and O–H groups in total. The molecular formula is C11H25N3. The van der Waals surface area contributed by atoms with Gasteiger partial charge < -0.3 is 10.2 Å². The van der Waals surface area contributed by atoms with Crippen LogP contribution in [-0.4, -0.2) is 61.7 Å². The van der Waals surface area contributed by atoms with Crippen LogP contribution in [0.15, 0.2) is 0 Å². The van der Waals surface area contributed by atoms with E-state index < -0.39 is 0 Å². The lowest BCUT2D eigenvalue weighted by atomic mass is 10.2. The van der Waals surface area contributed by atoms with Gasteiger partial charge in [-0.05, 0) is 27.4 Å². The zero-order chi connectivity index (χ0) is 10.6. The first-order valence-corrected chi connectivity index (χ1v) is 5.79. The van der Waals surface area contributed by atoms with E-state index in [2.05, 4.69) is 42.9 Å². The number of rotatable bonds is 4. The molecule has 1 aliphatic rings. The Labute approximate surface area is 88.5 Å². The lowest BCUT2D eigenvalue weighted by Crippen LogP contribution is -2.52. The van der Waals surface area contributed by atoms with Crippen molar-refractivity contribution in [2.24, 2.45) is 0 Å². The largest absolute Gasteiger partial charge is 0.313 e. The molecule has 1 rings (SSSR count). The molecule has 0 amide bonds. The van der Waals surface area contributed by atoms with Crippen molar-refractivity contribution < 1.29 is 0 Å². The average Bonchev–Trinajstić information content (AvgIpc) is 2.12. The number of hydrogen-bond acceptors (Lipinski definition) is 3. The summed E-state index contributed by atoms with van der Waals surface area (Å²) < 4.78 is 0. The molecule has 2 atom stereocenters. The third kappa shape index (κ3) is 3.56. The summed E-state index contributed by atoms with van der Waals surface area (Å²) in [6.07, 6.45) is 0. The van der Waals surface area contributed by atoms with Crippen LogP contribution < -0.4 is 5.32 Å². The summed E-state index contributed by atoms with van der Waals surface area (Å²) in [5.74, 6) is 0. The fourth-order valence-electron chi connectivity index (χ4n) is 2.09. The van der Waals surface area contributed by atoms with E-state index >= 15 is 0 Å². The number of likely N-dealkylation sites (N-methyl/N-ethyl adjacent to an activating group) is 2. The number of nitrogens with zero attached hydrogens (tertiary/aromatic N) is 2. The van der Waals surface area contributed by atoms with Crippen molar-refractivity contribution in [3.8, 4) is 0 Å². The molecular weight excluding hydrogens is 174 g/mol. The fraction of sp³-hybridized carbons (Fsp3) is 1.00. The maximum Gasteiger partial charge on any atom is 0.0192 e. The second kappa shape index (κ2) is 5.69. The third-order valence-electron chi connectivity index (χ3n) is 3.13. The van der Waals surface area contributed by atoms with Gasteiger partial charge in [-0.25, -0.2) is 0 Å². The van der Waals surface area contributed by atoms with Gasteiger partial charge in [-0.3, -0.25) is 4.90 Å². The first kappa shape index (κ1) is 12.0. The van der Waals surface area contributed by atoms with Crippen LogP contribution in [0, 0.1) is 0 Å². The molecule has 2 unspecified atom stereocenters. The molecule has 1 heterocycles. The van der Waals surface area contributed by atoms with Crippen molar-refractivity contribution in [3.63, 3.8) is 0 Å². The van der Waals surface area contributed by atoms with Crippen molar-refractivity contribution >= 4 is 0 Å². The molecule has 84 valence electrons. The first-order valence-electron chi connectivity index (χ1n) is 5.79. The zero-order valence-electron chi connectivity index (χ0n) is 10.1. The monoisotopic (exact) mass is 199 g/mol. The lowest BCUT2D eigenvalue weighted by Gasteiger charge is -2.38. The predicted octanol–water partition coefficient (Wildman–Crippen LogP) is 0.620. The van der Waals surface area contributed by atoms with Crippen LogP contribution in [0.2, 0.25) is 0 Å². The van der Waals surface area contributed by atoms with Crippen molar-refractivity contribution in [2.45, 2.75) is 32.9 Å². The predicted molar refractivity (Wildman–Crippen MR) is 61.7 cm³/mol. The fourth-order valence-corrected chi connectivity index (χ4v) is 2.09. The topological polar surface area (TPSA) is 18.5 Å². The van der Waals surface area contributed by atoms with E-state index in [0.717, 1.165) is 6.54 Å². The Morgan fingerprint density at radius 2 is 2.14 bits per heavy atom. The lowest BCUT2D eigenvalue weighted by molar-refractivity contribution is 0.0987. The van der Waals surface area contributed by atoms with Gasteiger partial charge in [0.1, 0.15) is 0 Å². The van der Waals surface area contributed by atoms with Gasteiger partial charge >= 0.3 is 0 Å². The SMILES string of the molecule is CCNC(C)CN1CCN(C)C(C)C1. The average molecular weight is 199 g/mol. The Hall–Kier alpha value is -0.120. The van der Waals surface area contributed by atoms with Crippen LogP contribution >= 0.6 is 0 Å². The third-order valence-corrected chi connectivity index (χ3v) is 3.13. The molecule has 0 bridgehead atoms. The van der Waals surface area contributed by atoms with Crippen LogP contribution in [0.4, 0.5) is 0 Å². The summed E-state index contributed by atoms with van der Waals surface area (Å²) in [6.45, 7) is 12.7. The van der Waals surface area contributed by atoms with Crippen molar-refractivity contribution in [1.82, 2.24) is 15.1 Å². The molecule has 14 heavy (non-hydrogen) atoms. The van der Waals surface area contributed by atoms with E-state index in [1.165, 1.54) is 26.2 Å². The van der Waals surface area contributed by atoms with Crippen LogP contribution in [0.3, 0.4) is 0 Å². The van der Waals surface area contributed by atoms with E-state index in [0.29, 0.717) is 12.1 Å². The smallest absolute Gasteiger partial charge is 0.0192 e. The summed E-state index contributed by atoms with van der Waals surface area (Å²) >= 11 is 0. The summed E-state index contributed by atoms with van der Waals surface area (Å²) in [7, 11) is 2.22. The Morgan fingerprint density at radius 1 is 1.43 bits per heavy atom. The minimum absolute atomic E-state index is 0.621. The van der Waals surface area contributed by atoms with Gasteiger partial charge in [-0.1, -0.05) is 6.92 Å². The molecule has 0 aromatic rings. The second-order valence-corrected chi connectivity index (χ2v) is 4.55. The molecule has 0 aromatic heterocycles. The Morgan fingerprint density at radius 3 is 2.71 bits per heavy atom. The normalized spacial score (nSPS) is 27.9. The number of piperazine rings is 1. The van der Waals surface area contributed by atoms with Gasteiger partial charge in [0.05, 0.1) is 0 Å². The molecule has 1 fully saturated rings. The van der Waals surface area contributed by atoms with Crippen molar-refractivity contribution in [3.05, 3.63) is 0 Å². The standard InChI is InChI=1S/C11H25N3/c1-5-12-10(2)8-14-7-6-13(4)11(3)9-14/h10-12H,5-9H2,1-4H3. The highest BCUT2D eigenvalue weighted by Crippen LogP contribution is 2.06. The Bertz CT molecular complexity index is 161. The van der Waals surface area contributed by atoms with E-state index in [-0.39, 0.29) is 0 Å². The number of nitrogens with one attached hydrogen (secondary N) is 1. The minimum atomic E-state index is 0.621. The second-order valence-electron chi connectivity index (χ2n) is 4.55. The van der Waals surface area contributed by atoms with Gasteiger partial charge in [0.2, 0.25) is 0 Å². The van der Waals surface area contributed by atoms with Gasteiger partial charge in [-0.15, -0.1) is 0 Å². The van der Waals surface area contributed by atoms with Gasteiger partial charge in [-0.2, -0.15) is 0 Å². The molecule has 3 heteroatoms. The van der Waals surface area contributed by atoms with E-state index in [1.54, 1.807) is 0 Å². The highest BCUT2D eigenvalue weighted by molar-refractivity contribution is 4.78. The van der Waals surface area contributed by atoms with Crippen LogP contribution in [0.5, 0.6) is 0 Å². The van der Waals surface area contributed by atoms with Crippen LogP contribution in [0.25, 0.3) is 0 Å². The quantitative estimate of drug-likeness (QED) is 0.716. The zero-order valence-corrected chi connectivity index (χ0v) is 10.1. The van der Waals surface area contributed by atoms with Crippen molar-refractivity contribution in [1.29, 1.82) is 0 Å².